The van der Waals surface area contributed by atoms with Gasteiger partial charge in [-0.1, -0.05) is 13.8 Å². The van der Waals surface area contributed by atoms with Gasteiger partial charge in [-0.25, -0.2) is 8.42 Å². The summed E-state index contributed by atoms with van der Waals surface area (Å²) in [7, 11) is -3.57. The van der Waals surface area contributed by atoms with Crippen LogP contribution in [0.2, 0.25) is 0 Å². The molecular weight excluding hydrogens is 314 g/mol. The van der Waals surface area contributed by atoms with E-state index in [0.717, 1.165) is 25.2 Å². The van der Waals surface area contributed by atoms with Gasteiger partial charge in [-0.15, -0.1) is 10.2 Å². The van der Waals surface area contributed by atoms with Gasteiger partial charge in [-0.05, 0) is 30.9 Å². The van der Waals surface area contributed by atoms with Crippen LogP contribution in [0.5, 0.6) is 0 Å². The van der Waals surface area contributed by atoms with Gasteiger partial charge >= 0.3 is 0 Å². The van der Waals surface area contributed by atoms with E-state index in [1.54, 1.807) is 24.7 Å². The van der Waals surface area contributed by atoms with Crippen LogP contribution in [0, 0.1) is 5.92 Å². The molecule has 0 radical (unpaired) electrons. The molecule has 1 aliphatic rings. The van der Waals surface area contributed by atoms with Crippen LogP contribution in [0.15, 0.2) is 35.7 Å². The van der Waals surface area contributed by atoms with Gasteiger partial charge in [0.25, 0.3) is 0 Å². The average Bonchev–Trinajstić information content (AvgIpc) is 3.16. The maximum atomic E-state index is 12.9. The Bertz CT molecular complexity index is 757. The molecular formula is C15H21N5O2S. The summed E-state index contributed by atoms with van der Waals surface area (Å²) in [4.78, 5) is 4.15. The van der Waals surface area contributed by atoms with Crippen LogP contribution in [0.4, 0.5) is 0 Å². The first-order valence-corrected chi connectivity index (χ1v) is 9.23. The summed E-state index contributed by atoms with van der Waals surface area (Å²) in [5.74, 6) is 1.16. The number of pyridine rings is 1. The fraction of sp³-hybridized carbons (Fsp3) is 0.533. The quantitative estimate of drug-likeness (QED) is 0.833. The second-order valence-electron chi connectivity index (χ2n) is 6.20. The molecule has 0 N–H and O–H groups in total. The first-order chi connectivity index (χ1) is 11.0. The summed E-state index contributed by atoms with van der Waals surface area (Å²) in [6.07, 6.45) is 6.22. The van der Waals surface area contributed by atoms with Crippen LogP contribution in [-0.2, 0) is 16.6 Å². The summed E-state index contributed by atoms with van der Waals surface area (Å²) in [6.45, 7) is 5.50. The van der Waals surface area contributed by atoms with Crippen molar-refractivity contribution in [1.29, 1.82) is 0 Å². The number of hydrogen-bond donors (Lipinski definition) is 0. The molecule has 1 aliphatic heterocycles. The first-order valence-electron chi connectivity index (χ1n) is 7.79. The third kappa shape index (κ3) is 3.13. The molecule has 0 saturated carbocycles. The van der Waals surface area contributed by atoms with E-state index in [1.807, 2.05) is 4.57 Å². The lowest BCUT2D eigenvalue weighted by Crippen LogP contribution is -2.32. The second-order valence-corrected chi connectivity index (χ2v) is 8.09. The highest BCUT2D eigenvalue weighted by atomic mass is 32.2. The predicted molar refractivity (Wildman–Crippen MR) is 85.0 cm³/mol. The minimum atomic E-state index is -3.57. The Labute approximate surface area is 136 Å². The molecule has 1 fully saturated rings. The zero-order chi connectivity index (χ0) is 16.4. The maximum absolute atomic E-state index is 12.9. The van der Waals surface area contributed by atoms with Gasteiger partial charge in [-0.3, -0.25) is 4.98 Å². The largest absolute Gasteiger partial charge is 0.316 e. The molecule has 0 amide bonds. The first kappa shape index (κ1) is 16.1. The topological polar surface area (TPSA) is 81.0 Å². The third-order valence-electron chi connectivity index (χ3n) is 3.95. The number of rotatable bonds is 5. The highest BCUT2D eigenvalue weighted by molar-refractivity contribution is 7.89. The van der Waals surface area contributed by atoms with E-state index < -0.39 is 10.0 Å². The molecule has 23 heavy (non-hydrogen) atoms. The van der Waals surface area contributed by atoms with Crippen molar-refractivity contribution >= 4 is 10.0 Å². The molecule has 0 aliphatic carbocycles. The fourth-order valence-electron chi connectivity index (χ4n) is 2.98. The summed E-state index contributed by atoms with van der Waals surface area (Å²) in [5.41, 5.74) is 0. The minimum Gasteiger partial charge on any atom is -0.316 e. The molecule has 0 aromatic carbocycles. The zero-order valence-electron chi connectivity index (χ0n) is 13.3. The van der Waals surface area contributed by atoms with Crippen molar-refractivity contribution in [2.45, 2.75) is 44.2 Å². The number of nitrogens with zero attached hydrogens (tertiary/aromatic N) is 5. The predicted octanol–water partition coefficient (Wildman–Crippen LogP) is 1.85. The van der Waals surface area contributed by atoms with Crippen molar-refractivity contribution in [3.63, 3.8) is 0 Å². The van der Waals surface area contributed by atoms with Crippen LogP contribution in [0.25, 0.3) is 0 Å². The third-order valence-corrected chi connectivity index (χ3v) is 5.84. The van der Waals surface area contributed by atoms with Gasteiger partial charge in [0.1, 0.15) is 11.2 Å². The summed E-state index contributed by atoms with van der Waals surface area (Å²) in [5, 5.41) is 8.19. The molecule has 2 aromatic rings. The monoisotopic (exact) mass is 335 g/mol. The highest BCUT2D eigenvalue weighted by Gasteiger charge is 2.38. The fourth-order valence-corrected chi connectivity index (χ4v) is 4.60. The van der Waals surface area contributed by atoms with Crippen molar-refractivity contribution < 1.29 is 8.42 Å². The van der Waals surface area contributed by atoms with Crippen molar-refractivity contribution in [3.05, 3.63) is 36.7 Å². The standard InChI is InChI=1S/C15H21N5O2S/c1-12(2)10-19-11-17-18-15(19)14-6-4-8-20(14)23(21,22)13-5-3-7-16-9-13/h3,5,7,9,11-12,14H,4,6,8,10H2,1-2H3. The van der Waals surface area contributed by atoms with E-state index >= 15 is 0 Å². The van der Waals surface area contributed by atoms with Crippen molar-refractivity contribution in [2.75, 3.05) is 6.54 Å². The van der Waals surface area contributed by atoms with Crippen molar-refractivity contribution in [3.8, 4) is 0 Å². The van der Waals surface area contributed by atoms with Gasteiger partial charge in [-0.2, -0.15) is 4.31 Å². The number of aromatic nitrogens is 4. The Morgan fingerprint density at radius 2 is 2.22 bits per heavy atom. The molecule has 8 heteroatoms. The van der Waals surface area contributed by atoms with Crippen LogP contribution >= 0.6 is 0 Å². The molecule has 2 aromatic heterocycles. The van der Waals surface area contributed by atoms with E-state index in [9.17, 15) is 8.42 Å². The molecule has 7 nitrogen and oxygen atoms in total. The van der Waals surface area contributed by atoms with E-state index in [1.165, 1.54) is 10.5 Å². The molecule has 3 rings (SSSR count). The summed E-state index contributed by atoms with van der Waals surface area (Å²) in [6, 6.07) is 2.96. The van der Waals surface area contributed by atoms with Crippen LogP contribution < -0.4 is 0 Å². The van der Waals surface area contributed by atoms with E-state index in [2.05, 4.69) is 29.0 Å². The Morgan fingerprint density at radius 1 is 1.39 bits per heavy atom. The van der Waals surface area contributed by atoms with E-state index in [0.29, 0.717) is 12.5 Å². The lowest BCUT2D eigenvalue weighted by molar-refractivity contribution is 0.364. The number of sulfonamides is 1. The molecule has 124 valence electrons. The normalized spacial score (nSPS) is 19.5. The Balaban J connectivity index is 1.94. The van der Waals surface area contributed by atoms with Crippen molar-refractivity contribution in [1.82, 2.24) is 24.1 Å². The SMILES string of the molecule is CC(C)Cn1cnnc1C1CCCN1S(=O)(=O)c1cccnc1. The summed E-state index contributed by atoms with van der Waals surface area (Å²) < 4.78 is 29.3. The van der Waals surface area contributed by atoms with Crippen molar-refractivity contribution in [2.24, 2.45) is 5.92 Å². The Kier molecular flexibility index (Phi) is 4.45. The van der Waals surface area contributed by atoms with Gasteiger partial charge in [0.2, 0.25) is 10.0 Å². The lowest BCUT2D eigenvalue weighted by atomic mass is 10.2. The molecule has 0 bridgehead atoms. The van der Waals surface area contributed by atoms with E-state index in [-0.39, 0.29) is 10.9 Å². The lowest BCUT2D eigenvalue weighted by Gasteiger charge is -2.24. The minimum absolute atomic E-state index is 0.224. The van der Waals surface area contributed by atoms with Crippen LogP contribution in [0.3, 0.4) is 0 Å². The zero-order valence-corrected chi connectivity index (χ0v) is 14.1. The molecule has 1 atom stereocenters. The average molecular weight is 335 g/mol. The van der Waals surface area contributed by atoms with Gasteiger partial charge in [0.15, 0.2) is 5.82 Å². The molecule has 3 heterocycles. The second kappa shape index (κ2) is 6.37. The number of hydrogen-bond acceptors (Lipinski definition) is 5. The summed E-state index contributed by atoms with van der Waals surface area (Å²) >= 11 is 0. The molecule has 1 unspecified atom stereocenters. The maximum Gasteiger partial charge on any atom is 0.245 e. The smallest absolute Gasteiger partial charge is 0.245 e. The van der Waals surface area contributed by atoms with Crippen LogP contribution in [-0.4, -0.2) is 39.0 Å². The highest BCUT2D eigenvalue weighted by Crippen LogP contribution is 2.35. The Hall–Kier alpha value is -1.80. The van der Waals surface area contributed by atoms with Gasteiger partial charge in [0.05, 0.1) is 6.04 Å². The molecule has 0 spiro atoms. The Morgan fingerprint density at radius 3 is 2.91 bits per heavy atom. The van der Waals surface area contributed by atoms with Crippen LogP contribution in [0.1, 0.15) is 38.6 Å². The molecule has 1 saturated heterocycles. The van der Waals surface area contributed by atoms with Gasteiger partial charge in [0, 0.05) is 25.5 Å². The van der Waals surface area contributed by atoms with Gasteiger partial charge < -0.3 is 4.57 Å². The van der Waals surface area contributed by atoms with E-state index in [4.69, 9.17) is 0 Å².